The quantitative estimate of drug-likeness (QED) is 0.686. The van der Waals surface area contributed by atoms with E-state index in [0.717, 1.165) is 36.6 Å². The van der Waals surface area contributed by atoms with Crippen molar-refractivity contribution in [1.82, 2.24) is 24.5 Å². The number of H-pyrrole nitrogens is 1. The van der Waals surface area contributed by atoms with Gasteiger partial charge >= 0.3 is 11.4 Å². The second-order valence-corrected chi connectivity index (χ2v) is 7.37. The third-order valence-electron chi connectivity index (χ3n) is 4.69. The highest BCUT2D eigenvalue weighted by Crippen LogP contribution is 2.30. The van der Waals surface area contributed by atoms with Crippen LogP contribution in [0, 0.1) is 0 Å². The molecule has 0 radical (unpaired) electrons. The van der Waals surface area contributed by atoms with E-state index in [2.05, 4.69) is 15.2 Å². The summed E-state index contributed by atoms with van der Waals surface area (Å²) in [7, 11) is 0. The summed E-state index contributed by atoms with van der Waals surface area (Å²) in [6.07, 6.45) is 5.04. The summed E-state index contributed by atoms with van der Waals surface area (Å²) in [6.45, 7) is 0. The van der Waals surface area contributed by atoms with Gasteiger partial charge in [0.2, 0.25) is 5.89 Å². The third kappa shape index (κ3) is 3.55. The smallest absolute Gasteiger partial charge is 0.392 e. The SMILES string of the molecule is O=c1cnn(-c2cc(Cl)c(Cc3nn(C4CCCC4)c(=O)o3)c(Cl)c2)c(=O)[nH]1. The van der Waals surface area contributed by atoms with Gasteiger partial charge in [-0.1, -0.05) is 36.0 Å². The molecule has 0 aliphatic heterocycles. The zero-order valence-corrected chi connectivity index (χ0v) is 16.0. The summed E-state index contributed by atoms with van der Waals surface area (Å²) in [5.41, 5.74) is -0.529. The van der Waals surface area contributed by atoms with Crippen LogP contribution in [0.4, 0.5) is 0 Å². The third-order valence-corrected chi connectivity index (χ3v) is 5.37. The minimum atomic E-state index is -0.714. The highest BCUT2D eigenvalue weighted by molar-refractivity contribution is 6.36. The highest BCUT2D eigenvalue weighted by atomic mass is 35.5. The maximum atomic E-state index is 12.1. The lowest BCUT2D eigenvalue weighted by molar-refractivity contribution is 0.407. The van der Waals surface area contributed by atoms with Gasteiger partial charge in [0.15, 0.2) is 0 Å². The topological polar surface area (TPSA) is 116 Å². The van der Waals surface area contributed by atoms with Gasteiger partial charge in [0.1, 0.15) is 6.20 Å². The molecule has 1 N–H and O–H groups in total. The summed E-state index contributed by atoms with van der Waals surface area (Å²) in [5, 5.41) is 8.56. The monoisotopic (exact) mass is 423 g/mol. The van der Waals surface area contributed by atoms with Gasteiger partial charge in [0.25, 0.3) is 5.56 Å². The van der Waals surface area contributed by atoms with E-state index in [1.165, 1.54) is 16.8 Å². The van der Waals surface area contributed by atoms with Crippen molar-refractivity contribution in [2.75, 3.05) is 0 Å². The van der Waals surface area contributed by atoms with E-state index in [0.29, 0.717) is 5.56 Å². The van der Waals surface area contributed by atoms with E-state index in [1.807, 2.05) is 0 Å². The van der Waals surface area contributed by atoms with E-state index in [9.17, 15) is 14.4 Å². The lowest BCUT2D eigenvalue weighted by atomic mass is 10.1. The number of nitrogens with zero attached hydrogens (tertiary/aromatic N) is 4. The first kappa shape index (κ1) is 18.7. The van der Waals surface area contributed by atoms with Gasteiger partial charge in [-0.3, -0.25) is 9.78 Å². The van der Waals surface area contributed by atoms with Crippen molar-refractivity contribution in [2.24, 2.45) is 0 Å². The molecule has 1 saturated carbocycles. The molecule has 3 aromatic rings. The number of nitrogens with one attached hydrogen (secondary N) is 1. The van der Waals surface area contributed by atoms with Crippen molar-refractivity contribution in [2.45, 2.75) is 38.1 Å². The van der Waals surface area contributed by atoms with Crippen LogP contribution in [0.2, 0.25) is 10.0 Å². The molecule has 0 unspecified atom stereocenters. The standard InChI is InChI=1S/C17H15Cl2N5O4/c18-12-5-10(23-16(26)21-14(25)8-20-23)6-13(19)11(12)7-15-22-24(17(27)28-15)9-3-1-2-4-9/h5-6,8-9H,1-4,7H2,(H,21,25,26). The van der Waals surface area contributed by atoms with Crippen LogP contribution >= 0.6 is 23.2 Å². The molecule has 0 saturated heterocycles. The molecular formula is C17H15Cl2N5O4. The van der Waals surface area contributed by atoms with E-state index >= 15 is 0 Å². The second-order valence-electron chi connectivity index (χ2n) is 6.56. The van der Waals surface area contributed by atoms with Crippen LogP contribution in [0.5, 0.6) is 0 Å². The molecule has 1 aromatic carbocycles. The zero-order chi connectivity index (χ0) is 19.8. The average Bonchev–Trinajstić information content (AvgIpc) is 3.27. The number of hydrogen-bond acceptors (Lipinski definition) is 6. The normalized spacial score (nSPS) is 14.6. The summed E-state index contributed by atoms with van der Waals surface area (Å²) in [4.78, 5) is 37.3. The summed E-state index contributed by atoms with van der Waals surface area (Å²) in [6, 6.07) is 3.04. The van der Waals surface area contributed by atoms with Gasteiger partial charge in [0.05, 0.1) is 18.2 Å². The number of hydrogen-bond donors (Lipinski definition) is 1. The van der Waals surface area contributed by atoms with Gasteiger partial charge in [-0.25, -0.2) is 9.59 Å². The Bertz CT molecular complexity index is 1180. The molecule has 146 valence electrons. The van der Waals surface area contributed by atoms with Crippen LogP contribution in [-0.2, 0) is 6.42 Å². The fraction of sp³-hybridized carbons (Fsp3) is 0.353. The van der Waals surface area contributed by atoms with Crippen LogP contribution in [0.25, 0.3) is 5.69 Å². The predicted molar refractivity (Wildman–Crippen MR) is 102 cm³/mol. The minimum absolute atomic E-state index is 0.0662. The van der Waals surface area contributed by atoms with Gasteiger partial charge in [-0.15, -0.1) is 5.10 Å². The predicted octanol–water partition coefficient (Wildman–Crippen LogP) is 2.08. The molecule has 1 aliphatic carbocycles. The van der Waals surface area contributed by atoms with Gasteiger partial charge in [-0.05, 0) is 30.5 Å². The van der Waals surface area contributed by atoms with Gasteiger partial charge < -0.3 is 4.42 Å². The summed E-state index contributed by atoms with van der Waals surface area (Å²) >= 11 is 12.7. The number of aromatic nitrogens is 5. The molecular weight excluding hydrogens is 409 g/mol. The lowest BCUT2D eigenvalue weighted by Crippen LogP contribution is -2.30. The molecule has 28 heavy (non-hydrogen) atoms. The maximum absolute atomic E-state index is 12.1. The Morgan fingerprint density at radius 1 is 1.14 bits per heavy atom. The molecule has 0 spiro atoms. The van der Waals surface area contributed by atoms with Gasteiger partial charge in [0, 0.05) is 10.0 Å². The Morgan fingerprint density at radius 3 is 2.46 bits per heavy atom. The largest absolute Gasteiger partial charge is 0.437 e. The molecule has 2 aromatic heterocycles. The van der Waals surface area contributed by atoms with Crippen molar-refractivity contribution >= 4 is 23.2 Å². The second kappa shape index (κ2) is 7.40. The van der Waals surface area contributed by atoms with Crippen LogP contribution in [0.1, 0.15) is 43.2 Å². The number of aromatic amines is 1. The Hall–Kier alpha value is -2.65. The van der Waals surface area contributed by atoms with E-state index in [-0.39, 0.29) is 34.1 Å². The van der Waals surface area contributed by atoms with Crippen molar-refractivity contribution in [3.8, 4) is 5.69 Å². The molecule has 1 fully saturated rings. The Labute approximate surface area is 167 Å². The van der Waals surface area contributed by atoms with Gasteiger partial charge in [-0.2, -0.15) is 14.5 Å². The first-order chi connectivity index (χ1) is 13.4. The first-order valence-corrected chi connectivity index (χ1v) is 9.43. The Kier molecular flexibility index (Phi) is 4.94. The number of benzene rings is 1. The van der Waals surface area contributed by atoms with Crippen LogP contribution in [0.3, 0.4) is 0 Å². The van der Waals surface area contributed by atoms with Crippen molar-refractivity contribution < 1.29 is 4.42 Å². The van der Waals surface area contributed by atoms with E-state index < -0.39 is 17.0 Å². The fourth-order valence-electron chi connectivity index (χ4n) is 3.35. The molecule has 0 bridgehead atoms. The molecule has 0 atom stereocenters. The molecule has 1 aliphatic rings. The van der Waals surface area contributed by atoms with E-state index in [1.54, 1.807) is 0 Å². The molecule has 2 heterocycles. The first-order valence-electron chi connectivity index (χ1n) is 8.68. The van der Waals surface area contributed by atoms with E-state index in [4.69, 9.17) is 27.6 Å². The summed E-state index contributed by atoms with van der Waals surface area (Å²) in [5.74, 6) is -0.275. The fourth-order valence-corrected chi connectivity index (χ4v) is 3.96. The Balaban J connectivity index is 1.66. The average molecular weight is 424 g/mol. The van der Waals surface area contributed by atoms with Crippen molar-refractivity contribution in [3.63, 3.8) is 0 Å². The van der Waals surface area contributed by atoms with Crippen LogP contribution < -0.4 is 17.0 Å². The summed E-state index contributed by atoms with van der Waals surface area (Å²) < 4.78 is 7.62. The number of halogens is 2. The minimum Gasteiger partial charge on any atom is -0.392 e. The molecule has 4 rings (SSSR count). The molecule has 11 heteroatoms. The van der Waals surface area contributed by atoms with Crippen molar-refractivity contribution in [1.29, 1.82) is 0 Å². The highest BCUT2D eigenvalue weighted by Gasteiger charge is 2.23. The molecule has 9 nitrogen and oxygen atoms in total. The van der Waals surface area contributed by atoms with Crippen LogP contribution in [0.15, 0.2) is 37.1 Å². The van der Waals surface area contributed by atoms with Crippen molar-refractivity contribution in [3.05, 3.63) is 71.2 Å². The zero-order valence-electron chi connectivity index (χ0n) is 14.5. The maximum Gasteiger partial charge on any atom is 0.437 e. The lowest BCUT2D eigenvalue weighted by Gasteiger charge is -2.09. The Morgan fingerprint density at radius 2 is 1.82 bits per heavy atom. The number of rotatable bonds is 4. The molecule has 0 amide bonds. The van der Waals surface area contributed by atoms with Crippen LogP contribution in [-0.4, -0.2) is 24.5 Å².